The summed E-state index contributed by atoms with van der Waals surface area (Å²) < 4.78 is 13.0. The first-order valence-electron chi connectivity index (χ1n) is 6.03. The number of fused-ring (bicyclic) bond motifs is 1. The van der Waals surface area contributed by atoms with E-state index < -0.39 is 0 Å². The van der Waals surface area contributed by atoms with Gasteiger partial charge in [0.05, 0.1) is 12.0 Å². The number of benzene rings is 1. The van der Waals surface area contributed by atoms with E-state index in [0.29, 0.717) is 0 Å². The molecule has 1 unspecified atom stereocenters. The fourth-order valence-corrected chi connectivity index (χ4v) is 2.50. The van der Waals surface area contributed by atoms with E-state index in [9.17, 15) is 9.18 Å². The molecule has 0 radical (unpaired) electrons. The molecule has 3 rings (SSSR count). The maximum absolute atomic E-state index is 13.0. The minimum Gasteiger partial charge on any atom is -0.349 e. The molecule has 5 heteroatoms. The standard InChI is InChI=1S/C13H15FN2O.ClH/c14-10-2-3-11-8(5-10)1-4-12(11)16-13(17)9-6-15-7-9;/h2-3,5,9,12,15H,1,4,6-7H2,(H,16,17);1H. The number of carbonyl (C=O) groups excluding carboxylic acids is 1. The van der Waals surface area contributed by atoms with Crippen molar-refractivity contribution in [2.45, 2.75) is 18.9 Å². The Morgan fingerprint density at radius 2 is 2.17 bits per heavy atom. The number of carbonyl (C=O) groups is 1. The zero-order valence-corrected chi connectivity index (χ0v) is 10.7. The number of hydrogen-bond donors (Lipinski definition) is 2. The van der Waals surface area contributed by atoms with Crippen LogP contribution in [0.4, 0.5) is 4.39 Å². The normalized spacial score (nSPS) is 21.7. The molecule has 0 spiro atoms. The molecule has 0 bridgehead atoms. The van der Waals surface area contributed by atoms with Gasteiger partial charge in [-0.3, -0.25) is 4.79 Å². The number of halogens is 2. The van der Waals surface area contributed by atoms with Gasteiger partial charge >= 0.3 is 0 Å². The van der Waals surface area contributed by atoms with E-state index >= 15 is 0 Å². The molecule has 1 heterocycles. The SMILES string of the molecule is Cl.O=C(NC1CCc2cc(F)ccc21)C1CNC1. The molecule has 1 aliphatic carbocycles. The van der Waals surface area contributed by atoms with Crippen molar-refractivity contribution < 1.29 is 9.18 Å². The number of rotatable bonds is 2. The third-order valence-corrected chi connectivity index (χ3v) is 3.65. The molecule has 0 saturated carbocycles. The summed E-state index contributed by atoms with van der Waals surface area (Å²) in [5.74, 6) is 0.0318. The minimum absolute atomic E-state index is 0. The lowest BCUT2D eigenvalue weighted by Crippen LogP contribution is -2.51. The molecule has 3 nitrogen and oxygen atoms in total. The monoisotopic (exact) mass is 270 g/mol. The first kappa shape index (κ1) is 13.3. The molecule has 1 amide bonds. The highest BCUT2D eigenvalue weighted by Gasteiger charge is 2.29. The van der Waals surface area contributed by atoms with E-state index in [4.69, 9.17) is 0 Å². The van der Waals surface area contributed by atoms with Crippen molar-refractivity contribution in [1.29, 1.82) is 0 Å². The Balaban J connectivity index is 0.00000120. The van der Waals surface area contributed by atoms with Crippen molar-refractivity contribution in [1.82, 2.24) is 10.6 Å². The predicted molar refractivity (Wildman–Crippen MR) is 69.2 cm³/mol. The molecule has 1 saturated heterocycles. The number of amides is 1. The molecule has 18 heavy (non-hydrogen) atoms. The zero-order chi connectivity index (χ0) is 11.8. The smallest absolute Gasteiger partial charge is 0.226 e. The van der Waals surface area contributed by atoms with Crippen molar-refractivity contribution in [2.75, 3.05) is 13.1 Å². The molecule has 1 aromatic rings. The third kappa shape index (κ3) is 2.35. The Kier molecular flexibility index (Phi) is 3.88. The molecular formula is C13H16ClFN2O. The predicted octanol–water partition coefficient (Wildman–Crippen LogP) is 1.57. The molecule has 0 aromatic heterocycles. The van der Waals surface area contributed by atoms with Crippen LogP contribution in [0, 0.1) is 11.7 Å². The van der Waals surface area contributed by atoms with E-state index in [2.05, 4.69) is 10.6 Å². The van der Waals surface area contributed by atoms with Crippen molar-refractivity contribution >= 4 is 18.3 Å². The van der Waals surface area contributed by atoms with E-state index in [1.54, 1.807) is 12.1 Å². The average Bonchev–Trinajstić information content (AvgIpc) is 2.58. The van der Waals surface area contributed by atoms with Gasteiger partial charge in [0, 0.05) is 13.1 Å². The van der Waals surface area contributed by atoms with Crippen LogP contribution in [0.5, 0.6) is 0 Å². The van der Waals surface area contributed by atoms with Crippen LogP contribution in [0.25, 0.3) is 0 Å². The van der Waals surface area contributed by atoms with Crippen LogP contribution in [-0.2, 0) is 11.2 Å². The van der Waals surface area contributed by atoms with Crippen molar-refractivity contribution in [3.05, 3.63) is 35.1 Å². The number of aryl methyl sites for hydroxylation is 1. The minimum atomic E-state index is -0.195. The third-order valence-electron chi connectivity index (χ3n) is 3.65. The highest BCUT2D eigenvalue weighted by molar-refractivity contribution is 5.85. The molecule has 1 fully saturated rings. The van der Waals surface area contributed by atoms with Crippen molar-refractivity contribution in [3.63, 3.8) is 0 Å². The fraction of sp³-hybridized carbons (Fsp3) is 0.462. The summed E-state index contributed by atoms with van der Waals surface area (Å²) in [7, 11) is 0. The van der Waals surface area contributed by atoms with Crippen LogP contribution < -0.4 is 10.6 Å². The second kappa shape index (κ2) is 5.24. The first-order chi connectivity index (χ1) is 8.24. The first-order valence-corrected chi connectivity index (χ1v) is 6.03. The molecule has 98 valence electrons. The van der Waals surface area contributed by atoms with Gasteiger partial charge in [-0.05, 0) is 36.1 Å². The molecular weight excluding hydrogens is 255 g/mol. The fourth-order valence-electron chi connectivity index (χ4n) is 2.50. The van der Waals surface area contributed by atoms with Gasteiger partial charge in [-0.2, -0.15) is 0 Å². The lowest BCUT2D eigenvalue weighted by molar-refractivity contribution is -0.127. The average molecular weight is 271 g/mol. The van der Waals surface area contributed by atoms with Crippen LogP contribution >= 0.6 is 12.4 Å². The number of hydrogen-bond acceptors (Lipinski definition) is 2. The second-order valence-electron chi connectivity index (χ2n) is 4.80. The second-order valence-corrected chi connectivity index (χ2v) is 4.80. The van der Waals surface area contributed by atoms with Crippen LogP contribution in [-0.4, -0.2) is 19.0 Å². The number of nitrogens with one attached hydrogen (secondary N) is 2. The molecule has 1 aliphatic heterocycles. The zero-order valence-electron chi connectivity index (χ0n) is 9.91. The van der Waals surface area contributed by atoms with Gasteiger partial charge in [-0.1, -0.05) is 6.07 Å². The topological polar surface area (TPSA) is 41.1 Å². The summed E-state index contributed by atoms with van der Waals surface area (Å²) in [6, 6.07) is 4.90. The molecule has 2 aliphatic rings. The highest BCUT2D eigenvalue weighted by atomic mass is 35.5. The van der Waals surface area contributed by atoms with Gasteiger partial charge in [-0.25, -0.2) is 4.39 Å². The Hall–Kier alpha value is -1.13. The van der Waals surface area contributed by atoms with E-state index in [0.717, 1.165) is 37.1 Å². The molecule has 2 N–H and O–H groups in total. The van der Waals surface area contributed by atoms with E-state index in [1.165, 1.54) is 6.07 Å². The summed E-state index contributed by atoms with van der Waals surface area (Å²) in [6.45, 7) is 1.55. The van der Waals surface area contributed by atoms with Gasteiger partial charge in [0.2, 0.25) is 5.91 Å². The summed E-state index contributed by atoms with van der Waals surface area (Å²) in [5, 5.41) is 6.14. The Morgan fingerprint density at radius 3 is 2.83 bits per heavy atom. The van der Waals surface area contributed by atoms with Crippen molar-refractivity contribution in [3.8, 4) is 0 Å². The van der Waals surface area contributed by atoms with Gasteiger partial charge < -0.3 is 10.6 Å². The highest BCUT2D eigenvalue weighted by Crippen LogP contribution is 2.31. The largest absolute Gasteiger partial charge is 0.349 e. The summed E-state index contributed by atoms with van der Waals surface area (Å²) in [5.41, 5.74) is 2.11. The maximum Gasteiger partial charge on any atom is 0.226 e. The van der Waals surface area contributed by atoms with Crippen LogP contribution in [0.1, 0.15) is 23.6 Å². The van der Waals surface area contributed by atoms with Gasteiger partial charge in [0.1, 0.15) is 5.82 Å². The maximum atomic E-state index is 13.0. The summed E-state index contributed by atoms with van der Waals surface area (Å²) >= 11 is 0. The Bertz CT molecular complexity index is 462. The van der Waals surface area contributed by atoms with E-state index in [-0.39, 0.29) is 36.1 Å². The summed E-state index contributed by atoms with van der Waals surface area (Å²) in [4.78, 5) is 11.8. The van der Waals surface area contributed by atoms with Gasteiger partial charge in [0.25, 0.3) is 0 Å². The quantitative estimate of drug-likeness (QED) is 0.857. The molecule has 1 aromatic carbocycles. The van der Waals surface area contributed by atoms with E-state index in [1.807, 2.05) is 0 Å². The Morgan fingerprint density at radius 1 is 1.39 bits per heavy atom. The van der Waals surface area contributed by atoms with Crippen LogP contribution in [0.3, 0.4) is 0 Å². The van der Waals surface area contributed by atoms with Crippen LogP contribution in [0.2, 0.25) is 0 Å². The van der Waals surface area contributed by atoms with Gasteiger partial charge in [0.15, 0.2) is 0 Å². The lowest BCUT2D eigenvalue weighted by Gasteiger charge is -2.27. The van der Waals surface area contributed by atoms with Gasteiger partial charge in [-0.15, -0.1) is 12.4 Å². The van der Waals surface area contributed by atoms with Crippen LogP contribution in [0.15, 0.2) is 18.2 Å². The summed E-state index contributed by atoms with van der Waals surface area (Å²) in [6.07, 6.45) is 1.73. The van der Waals surface area contributed by atoms with Crippen molar-refractivity contribution in [2.24, 2.45) is 5.92 Å². The lowest BCUT2D eigenvalue weighted by atomic mass is 10.0. The molecule has 1 atom stereocenters. The Labute approximate surface area is 112 Å².